The van der Waals surface area contributed by atoms with Gasteiger partial charge in [0.15, 0.2) is 5.16 Å². The van der Waals surface area contributed by atoms with Gasteiger partial charge in [0.2, 0.25) is 5.91 Å². The quantitative estimate of drug-likeness (QED) is 0.389. The summed E-state index contributed by atoms with van der Waals surface area (Å²) >= 11 is 3.18. The molecule has 3 rings (SSSR count). The number of nitrogens with zero attached hydrogens (tertiary/aromatic N) is 3. The van der Waals surface area contributed by atoms with Gasteiger partial charge in [-0.1, -0.05) is 30.0 Å². The number of aromatic nitrogens is 3. The first kappa shape index (κ1) is 21.3. The predicted molar refractivity (Wildman–Crippen MR) is 118 cm³/mol. The minimum atomic E-state index is 0.00152. The average molecular weight is 429 g/mol. The van der Waals surface area contributed by atoms with Gasteiger partial charge in [-0.3, -0.25) is 9.36 Å². The molecule has 1 aromatic heterocycles. The lowest BCUT2D eigenvalue weighted by molar-refractivity contribution is -0.118. The maximum atomic E-state index is 12.2. The van der Waals surface area contributed by atoms with Gasteiger partial charge in [0, 0.05) is 17.1 Å². The molecule has 0 bridgehead atoms. The second-order valence-electron chi connectivity index (χ2n) is 6.22. The van der Waals surface area contributed by atoms with E-state index in [1.807, 2.05) is 54.0 Å². The second kappa shape index (κ2) is 10.9. The molecule has 0 unspecified atom stereocenters. The van der Waals surface area contributed by atoms with Crippen LogP contribution in [-0.2, 0) is 4.79 Å². The standard InChI is InChI=1S/C21H24N4O2S2/c1-16-23-24-21(25(16)17-9-11-18(27-2)12-10-17)29-15-20(26)22-13-6-14-28-19-7-4-3-5-8-19/h3-5,7-12H,6,13-15H2,1-2H3,(H,22,26). The summed E-state index contributed by atoms with van der Waals surface area (Å²) in [4.78, 5) is 13.4. The van der Waals surface area contributed by atoms with E-state index in [1.54, 1.807) is 18.9 Å². The fraction of sp³-hybridized carbons (Fsp3) is 0.286. The van der Waals surface area contributed by atoms with E-state index < -0.39 is 0 Å². The Labute approximate surface area is 179 Å². The van der Waals surface area contributed by atoms with Crippen molar-refractivity contribution in [2.24, 2.45) is 0 Å². The van der Waals surface area contributed by atoms with E-state index in [0.717, 1.165) is 29.4 Å². The van der Waals surface area contributed by atoms with E-state index in [9.17, 15) is 4.79 Å². The Balaban J connectivity index is 1.44. The molecular formula is C21H24N4O2S2. The van der Waals surface area contributed by atoms with E-state index in [2.05, 4.69) is 27.6 Å². The maximum absolute atomic E-state index is 12.2. The average Bonchev–Trinajstić information content (AvgIpc) is 3.13. The van der Waals surface area contributed by atoms with Crippen LogP contribution in [0, 0.1) is 6.92 Å². The first-order valence-corrected chi connectivity index (χ1v) is 11.3. The lowest BCUT2D eigenvalue weighted by Crippen LogP contribution is -2.26. The zero-order chi connectivity index (χ0) is 20.5. The van der Waals surface area contributed by atoms with Gasteiger partial charge in [0.25, 0.3) is 0 Å². The number of carbonyl (C=O) groups is 1. The van der Waals surface area contributed by atoms with Crippen molar-refractivity contribution >= 4 is 29.4 Å². The molecular weight excluding hydrogens is 404 g/mol. The lowest BCUT2D eigenvalue weighted by Gasteiger charge is -2.09. The second-order valence-corrected chi connectivity index (χ2v) is 8.33. The largest absolute Gasteiger partial charge is 0.497 e. The van der Waals surface area contributed by atoms with Gasteiger partial charge in [-0.25, -0.2) is 0 Å². The highest BCUT2D eigenvalue weighted by Crippen LogP contribution is 2.23. The third-order valence-electron chi connectivity index (χ3n) is 4.11. The van der Waals surface area contributed by atoms with Crippen LogP contribution in [-0.4, -0.2) is 45.8 Å². The molecule has 0 fully saturated rings. The van der Waals surface area contributed by atoms with Crippen LogP contribution >= 0.6 is 23.5 Å². The molecule has 3 aromatic rings. The molecule has 0 spiro atoms. The molecule has 29 heavy (non-hydrogen) atoms. The summed E-state index contributed by atoms with van der Waals surface area (Å²) in [5, 5.41) is 12.0. The van der Waals surface area contributed by atoms with Crippen LogP contribution in [0.5, 0.6) is 5.75 Å². The summed E-state index contributed by atoms with van der Waals surface area (Å²) in [5.74, 6) is 2.85. The summed E-state index contributed by atoms with van der Waals surface area (Å²) < 4.78 is 7.14. The van der Waals surface area contributed by atoms with Gasteiger partial charge in [0.1, 0.15) is 11.6 Å². The molecule has 2 aromatic carbocycles. The third kappa shape index (κ3) is 6.27. The molecule has 8 heteroatoms. The van der Waals surface area contributed by atoms with Crippen LogP contribution in [0.25, 0.3) is 5.69 Å². The lowest BCUT2D eigenvalue weighted by atomic mass is 10.3. The first-order chi connectivity index (χ1) is 14.2. The minimum Gasteiger partial charge on any atom is -0.497 e. The van der Waals surface area contributed by atoms with Crippen molar-refractivity contribution in [1.82, 2.24) is 20.1 Å². The van der Waals surface area contributed by atoms with Crippen molar-refractivity contribution in [3.63, 3.8) is 0 Å². The van der Waals surface area contributed by atoms with E-state index in [-0.39, 0.29) is 5.91 Å². The Kier molecular flexibility index (Phi) is 8.01. The van der Waals surface area contributed by atoms with Crippen LogP contribution < -0.4 is 10.1 Å². The number of thioether (sulfide) groups is 2. The normalized spacial score (nSPS) is 10.7. The molecule has 152 valence electrons. The number of carbonyl (C=O) groups excluding carboxylic acids is 1. The van der Waals surface area contributed by atoms with Gasteiger partial charge in [0.05, 0.1) is 12.9 Å². The summed E-state index contributed by atoms with van der Waals surface area (Å²) in [6, 6.07) is 18.0. The van der Waals surface area contributed by atoms with Crippen LogP contribution in [0.3, 0.4) is 0 Å². The smallest absolute Gasteiger partial charge is 0.230 e. The number of hydrogen-bond acceptors (Lipinski definition) is 6. The number of methoxy groups -OCH3 is 1. The summed E-state index contributed by atoms with van der Waals surface area (Å²) in [5.41, 5.74) is 0.939. The first-order valence-electron chi connectivity index (χ1n) is 9.31. The third-order valence-corrected chi connectivity index (χ3v) is 6.14. The molecule has 1 amide bonds. The number of benzene rings is 2. The van der Waals surface area contributed by atoms with Crippen LogP contribution in [0.1, 0.15) is 12.2 Å². The minimum absolute atomic E-state index is 0.00152. The van der Waals surface area contributed by atoms with Crippen molar-refractivity contribution < 1.29 is 9.53 Å². The van der Waals surface area contributed by atoms with Crippen molar-refractivity contribution in [1.29, 1.82) is 0 Å². The fourth-order valence-corrected chi connectivity index (χ4v) is 4.35. The highest BCUT2D eigenvalue weighted by Gasteiger charge is 2.13. The Morgan fingerprint density at radius 1 is 1.07 bits per heavy atom. The van der Waals surface area contributed by atoms with E-state index in [4.69, 9.17) is 4.74 Å². The Morgan fingerprint density at radius 3 is 2.55 bits per heavy atom. The molecule has 0 aliphatic heterocycles. The maximum Gasteiger partial charge on any atom is 0.230 e. The molecule has 0 saturated carbocycles. The van der Waals surface area contributed by atoms with Crippen molar-refractivity contribution in [2.75, 3.05) is 25.2 Å². The van der Waals surface area contributed by atoms with Crippen LogP contribution in [0.15, 0.2) is 64.6 Å². The van der Waals surface area contributed by atoms with Gasteiger partial charge in [-0.2, -0.15) is 0 Å². The predicted octanol–water partition coefficient (Wildman–Crippen LogP) is 3.98. The Bertz CT molecular complexity index is 914. The van der Waals surface area contributed by atoms with Crippen molar-refractivity contribution in [3.8, 4) is 11.4 Å². The number of rotatable bonds is 10. The summed E-state index contributed by atoms with van der Waals surface area (Å²) in [6.07, 6.45) is 0.928. The molecule has 0 radical (unpaired) electrons. The van der Waals surface area contributed by atoms with E-state index in [0.29, 0.717) is 17.5 Å². The SMILES string of the molecule is COc1ccc(-n2c(C)nnc2SCC(=O)NCCCSc2ccccc2)cc1. The van der Waals surface area contributed by atoms with Gasteiger partial charge in [-0.05, 0) is 55.5 Å². The highest BCUT2D eigenvalue weighted by atomic mass is 32.2. The number of hydrogen-bond donors (Lipinski definition) is 1. The van der Waals surface area contributed by atoms with Crippen molar-refractivity contribution in [3.05, 3.63) is 60.4 Å². The summed E-state index contributed by atoms with van der Waals surface area (Å²) in [7, 11) is 1.64. The number of aryl methyl sites for hydroxylation is 1. The number of amides is 1. The number of nitrogens with one attached hydrogen (secondary N) is 1. The van der Waals surface area contributed by atoms with Crippen LogP contribution in [0.4, 0.5) is 0 Å². The molecule has 0 saturated heterocycles. The molecule has 0 aliphatic rings. The molecule has 0 aliphatic carbocycles. The van der Waals surface area contributed by atoms with Crippen LogP contribution in [0.2, 0.25) is 0 Å². The van der Waals surface area contributed by atoms with Gasteiger partial charge >= 0.3 is 0 Å². The van der Waals surface area contributed by atoms with E-state index >= 15 is 0 Å². The molecule has 6 nitrogen and oxygen atoms in total. The van der Waals surface area contributed by atoms with Crippen molar-refractivity contribution in [2.45, 2.75) is 23.4 Å². The van der Waals surface area contributed by atoms with Gasteiger partial charge < -0.3 is 10.1 Å². The van der Waals surface area contributed by atoms with Gasteiger partial charge in [-0.15, -0.1) is 22.0 Å². The Hall–Kier alpha value is -2.45. The fourth-order valence-electron chi connectivity index (χ4n) is 2.65. The topological polar surface area (TPSA) is 69.0 Å². The zero-order valence-electron chi connectivity index (χ0n) is 16.5. The Morgan fingerprint density at radius 2 is 1.83 bits per heavy atom. The van der Waals surface area contributed by atoms with E-state index in [1.165, 1.54) is 16.7 Å². The molecule has 0 atom stereocenters. The molecule has 1 heterocycles. The highest BCUT2D eigenvalue weighted by molar-refractivity contribution is 7.99. The number of ether oxygens (including phenoxy) is 1. The zero-order valence-corrected chi connectivity index (χ0v) is 18.1. The summed E-state index contributed by atoms with van der Waals surface area (Å²) in [6.45, 7) is 2.56. The molecule has 1 N–H and O–H groups in total. The monoisotopic (exact) mass is 428 g/mol.